The van der Waals surface area contributed by atoms with Gasteiger partial charge in [0.2, 0.25) is 5.91 Å². The maximum atomic E-state index is 12.8. The van der Waals surface area contributed by atoms with Gasteiger partial charge in [0.25, 0.3) is 11.5 Å². The van der Waals surface area contributed by atoms with Gasteiger partial charge in [-0.2, -0.15) is 0 Å². The Morgan fingerprint density at radius 2 is 1.68 bits per heavy atom. The Morgan fingerprint density at radius 1 is 1.12 bits per heavy atom. The summed E-state index contributed by atoms with van der Waals surface area (Å²) in [5.41, 5.74) is -0.361. The lowest BCUT2D eigenvalue weighted by atomic mass is 9.71. The average molecular weight is 344 g/mol. The van der Waals surface area contributed by atoms with Gasteiger partial charge in [0.15, 0.2) is 0 Å². The number of amides is 2. The third kappa shape index (κ3) is 2.56. The van der Waals surface area contributed by atoms with Crippen molar-refractivity contribution in [3.05, 3.63) is 27.9 Å². The Bertz CT molecular complexity index is 795. The fourth-order valence-corrected chi connectivity index (χ4v) is 4.40. The van der Waals surface area contributed by atoms with Gasteiger partial charge in [0, 0.05) is 49.0 Å². The number of carbonyl (C=O) groups is 2. The molecule has 134 valence electrons. The lowest BCUT2D eigenvalue weighted by Crippen LogP contribution is -2.39. The Kier molecular flexibility index (Phi) is 3.36. The van der Waals surface area contributed by atoms with Crippen LogP contribution in [0.2, 0.25) is 0 Å². The van der Waals surface area contributed by atoms with Crippen LogP contribution in [0.1, 0.15) is 43.0 Å². The normalized spacial score (nSPS) is 31.3. The highest BCUT2D eigenvalue weighted by Crippen LogP contribution is 2.52. The van der Waals surface area contributed by atoms with Crippen LogP contribution in [-0.4, -0.2) is 57.8 Å². The van der Waals surface area contributed by atoms with Crippen LogP contribution < -0.4 is 5.56 Å². The molecule has 25 heavy (non-hydrogen) atoms. The van der Waals surface area contributed by atoms with Crippen LogP contribution in [0, 0.1) is 23.7 Å². The fourth-order valence-electron chi connectivity index (χ4n) is 4.40. The van der Waals surface area contributed by atoms with Crippen molar-refractivity contribution in [3.8, 4) is 0 Å². The van der Waals surface area contributed by atoms with Crippen LogP contribution in [0.25, 0.3) is 0 Å². The van der Waals surface area contributed by atoms with Crippen molar-refractivity contribution >= 4 is 11.8 Å². The molecule has 7 heteroatoms. The molecular weight excluding hydrogens is 320 g/mol. The number of hydrogen-bond donors (Lipinski definition) is 1. The number of fused-ring (bicyclic) bond motifs is 1. The van der Waals surface area contributed by atoms with Gasteiger partial charge in [-0.15, -0.1) is 0 Å². The number of hydrogen-bond acceptors (Lipinski definition) is 4. The van der Waals surface area contributed by atoms with E-state index < -0.39 is 0 Å². The topological polar surface area (TPSA) is 86.4 Å². The summed E-state index contributed by atoms with van der Waals surface area (Å²) in [5, 5.41) is 0. The standard InChI is InChI=1S/C18H24N4O3/c1-11-19-13(6-14(23)20-11)16(25)22-9-17(2)7-21(8-18(17,3)10-22)15(24)12-4-5-12/h6,12H,4-5,7-10H2,1-3H3,(H,19,20,23)/t17-,18+. The van der Waals surface area contributed by atoms with Gasteiger partial charge in [0.1, 0.15) is 11.5 Å². The molecule has 2 aliphatic heterocycles. The summed E-state index contributed by atoms with van der Waals surface area (Å²) in [4.78, 5) is 47.4. The summed E-state index contributed by atoms with van der Waals surface area (Å²) in [7, 11) is 0. The highest BCUT2D eigenvalue weighted by Gasteiger charge is 2.60. The minimum absolute atomic E-state index is 0.122. The minimum atomic E-state index is -0.311. The highest BCUT2D eigenvalue weighted by atomic mass is 16.2. The third-order valence-electron chi connectivity index (χ3n) is 6.22. The second-order valence-electron chi connectivity index (χ2n) is 8.47. The SMILES string of the molecule is Cc1nc(C(=O)N2C[C@@]3(C)CN(C(=O)C4CC4)C[C@@]3(C)C2)cc(=O)[nH]1. The maximum absolute atomic E-state index is 12.8. The molecule has 2 saturated heterocycles. The maximum Gasteiger partial charge on any atom is 0.272 e. The summed E-state index contributed by atoms with van der Waals surface area (Å²) in [6.45, 7) is 8.57. The molecule has 0 bridgehead atoms. The van der Waals surface area contributed by atoms with Crippen molar-refractivity contribution in [3.63, 3.8) is 0 Å². The molecule has 7 nitrogen and oxygen atoms in total. The summed E-state index contributed by atoms with van der Waals surface area (Å²) < 4.78 is 0. The lowest BCUT2D eigenvalue weighted by Gasteiger charge is -2.29. The molecule has 2 atom stereocenters. The van der Waals surface area contributed by atoms with E-state index in [1.54, 1.807) is 11.8 Å². The molecule has 1 aliphatic carbocycles. The molecule has 1 N–H and O–H groups in total. The number of aryl methyl sites for hydroxylation is 1. The summed E-state index contributed by atoms with van der Waals surface area (Å²) in [5.74, 6) is 0.744. The van der Waals surface area contributed by atoms with E-state index in [1.807, 2.05) is 4.90 Å². The van der Waals surface area contributed by atoms with E-state index >= 15 is 0 Å². The second-order valence-corrected chi connectivity index (χ2v) is 8.47. The zero-order valence-electron chi connectivity index (χ0n) is 15.0. The predicted octanol–water partition coefficient (Wildman–Crippen LogP) is 0.799. The van der Waals surface area contributed by atoms with Crippen LogP contribution in [-0.2, 0) is 4.79 Å². The van der Waals surface area contributed by atoms with Crippen molar-refractivity contribution in [1.29, 1.82) is 0 Å². The van der Waals surface area contributed by atoms with Gasteiger partial charge in [0.05, 0.1) is 0 Å². The highest BCUT2D eigenvalue weighted by molar-refractivity contribution is 5.92. The lowest BCUT2D eigenvalue weighted by molar-refractivity contribution is -0.132. The molecule has 1 saturated carbocycles. The number of carbonyl (C=O) groups excluding carboxylic acids is 2. The molecule has 4 rings (SSSR count). The number of aromatic amines is 1. The molecule has 2 amide bonds. The number of likely N-dealkylation sites (tertiary alicyclic amines) is 2. The number of rotatable bonds is 2. The predicted molar refractivity (Wildman–Crippen MR) is 91.0 cm³/mol. The van der Waals surface area contributed by atoms with Gasteiger partial charge in [-0.25, -0.2) is 4.98 Å². The van der Waals surface area contributed by atoms with Gasteiger partial charge in [-0.3, -0.25) is 14.4 Å². The quantitative estimate of drug-likeness (QED) is 0.860. The van der Waals surface area contributed by atoms with E-state index in [4.69, 9.17) is 0 Å². The first-order chi connectivity index (χ1) is 11.7. The molecule has 0 aromatic carbocycles. The molecule has 0 radical (unpaired) electrons. The molecule has 0 spiro atoms. The first-order valence-corrected chi connectivity index (χ1v) is 8.87. The first kappa shape index (κ1) is 16.3. The van der Waals surface area contributed by atoms with Crippen molar-refractivity contribution in [1.82, 2.24) is 19.8 Å². The summed E-state index contributed by atoms with van der Waals surface area (Å²) >= 11 is 0. The fraction of sp³-hybridized carbons (Fsp3) is 0.667. The molecule has 0 unspecified atom stereocenters. The zero-order valence-corrected chi connectivity index (χ0v) is 15.0. The van der Waals surface area contributed by atoms with E-state index in [0.717, 1.165) is 12.8 Å². The van der Waals surface area contributed by atoms with E-state index in [2.05, 4.69) is 23.8 Å². The van der Waals surface area contributed by atoms with E-state index in [9.17, 15) is 14.4 Å². The summed E-state index contributed by atoms with van der Waals surface area (Å²) in [6.07, 6.45) is 2.03. The monoisotopic (exact) mass is 344 g/mol. The van der Waals surface area contributed by atoms with Crippen LogP contribution >= 0.6 is 0 Å². The molecule has 3 aliphatic rings. The van der Waals surface area contributed by atoms with Gasteiger partial charge in [-0.1, -0.05) is 13.8 Å². The van der Waals surface area contributed by atoms with Gasteiger partial charge >= 0.3 is 0 Å². The molecule has 3 heterocycles. The first-order valence-electron chi connectivity index (χ1n) is 8.87. The number of nitrogens with one attached hydrogen (secondary N) is 1. The number of H-pyrrole nitrogens is 1. The average Bonchev–Trinajstić information content (AvgIpc) is 3.27. The number of aromatic nitrogens is 2. The zero-order chi connectivity index (χ0) is 18.0. The number of nitrogens with zero attached hydrogens (tertiary/aromatic N) is 3. The van der Waals surface area contributed by atoms with Crippen molar-refractivity contribution in [2.45, 2.75) is 33.6 Å². The molecule has 3 fully saturated rings. The third-order valence-corrected chi connectivity index (χ3v) is 6.22. The van der Waals surface area contributed by atoms with Crippen molar-refractivity contribution in [2.75, 3.05) is 26.2 Å². The largest absolute Gasteiger partial charge is 0.341 e. The van der Waals surface area contributed by atoms with Gasteiger partial charge in [-0.05, 0) is 19.8 Å². The Balaban J connectivity index is 1.54. The minimum Gasteiger partial charge on any atom is -0.341 e. The van der Waals surface area contributed by atoms with E-state index in [1.165, 1.54) is 6.07 Å². The molecule has 1 aromatic heterocycles. The van der Waals surface area contributed by atoms with Crippen molar-refractivity contribution in [2.24, 2.45) is 16.7 Å². The van der Waals surface area contributed by atoms with Crippen molar-refractivity contribution < 1.29 is 9.59 Å². The van der Waals surface area contributed by atoms with Crippen LogP contribution in [0.5, 0.6) is 0 Å². The summed E-state index contributed by atoms with van der Waals surface area (Å²) in [6, 6.07) is 1.26. The smallest absolute Gasteiger partial charge is 0.272 e. The second kappa shape index (κ2) is 5.16. The van der Waals surface area contributed by atoms with E-state index in [0.29, 0.717) is 32.0 Å². The van der Waals surface area contributed by atoms with Crippen LogP contribution in [0.4, 0.5) is 0 Å². The van der Waals surface area contributed by atoms with Crippen LogP contribution in [0.15, 0.2) is 10.9 Å². The van der Waals surface area contributed by atoms with Crippen LogP contribution in [0.3, 0.4) is 0 Å². The molecule has 1 aromatic rings. The Labute approximate surface area is 146 Å². The Morgan fingerprint density at radius 3 is 2.20 bits per heavy atom. The van der Waals surface area contributed by atoms with Gasteiger partial charge < -0.3 is 14.8 Å². The Hall–Kier alpha value is -2.18. The van der Waals surface area contributed by atoms with E-state index in [-0.39, 0.29) is 39.8 Å². The molecular formula is C18H24N4O3.